The molecule has 106 valence electrons. The van der Waals surface area contributed by atoms with E-state index in [0.717, 1.165) is 20.5 Å². The average molecular weight is 359 g/mol. The van der Waals surface area contributed by atoms with Gasteiger partial charge in [-0.3, -0.25) is 0 Å². The molecule has 0 amide bonds. The Kier molecular flexibility index (Phi) is 4.24. The quantitative estimate of drug-likeness (QED) is 0.648. The zero-order valence-electron chi connectivity index (χ0n) is 11.6. The molecule has 0 aliphatic heterocycles. The Labute approximate surface area is 137 Å². The molecule has 1 aromatic heterocycles. The van der Waals surface area contributed by atoms with Crippen LogP contribution in [0.5, 0.6) is 0 Å². The first-order valence-electron chi connectivity index (χ1n) is 6.74. The summed E-state index contributed by atoms with van der Waals surface area (Å²) in [6.07, 6.45) is -0.565. The van der Waals surface area contributed by atoms with Crippen molar-refractivity contribution in [2.45, 2.75) is 13.0 Å². The highest BCUT2D eigenvalue weighted by atomic mass is 79.9. The first-order valence-corrected chi connectivity index (χ1v) is 8.35. The smallest absolute Gasteiger partial charge is 0.113 e. The predicted molar refractivity (Wildman–Crippen MR) is 92.7 cm³/mol. The highest BCUT2D eigenvalue weighted by Gasteiger charge is 2.14. The van der Waals surface area contributed by atoms with Gasteiger partial charge in [0.25, 0.3) is 0 Å². The van der Waals surface area contributed by atoms with Crippen LogP contribution < -0.4 is 0 Å². The zero-order valence-corrected chi connectivity index (χ0v) is 14.0. The Balaban J connectivity index is 1.87. The van der Waals surface area contributed by atoms with Crippen LogP contribution in [0.15, 0.2) is 65.1 Å². The molecule has 1 N–H and O–H groups in total. The molecule has 0 spiro atoms. The highest BCUT2D eigenvalue weighted by Crippen LogP contribution is 2.34. The summed E-state index contributed by atoms with van der Waals surface area (Å²) in [5, 5.41) is 10.5. The molecule has 2 aromatic carbocycles. The van der Waals surface area contributed by atoms with Crippen molar-refractivity contribution in [3.8, 4) is 11.1 Å². The van der Waals surface area contributed by atoms with Crippen molar-refractivity contribution in [3.05, 3.63) is 80.5 Å². The van der Waals surface area contributed by atoms with E-state index in [0.29, 0.717) is 0 Å². The Hall–Kier alpha value is -1.42. The molecule has 1 nitrogen and oxygen atoms in total. The predicted octanol–water partition coefficient (Wildman–Crippen LogP) is 5.57. The fraction of sp³-hybridized carbons (Fsp3) is 0.111. The van der Waals surface area contributed by atoms with Crippen molar-refractivity contribution < 1.29 is 5.11 Å². The van der Waals surface area contributed by atoms with E-state index >= 15 is 0 Å². The summed E-state index contributed by atoms with van der Waals surface area (Å²) in [4.78, 5) is 2.15. The minimum absolute atomic E-state index is 0.565. The van der Waals surface area contributed by atoms with Gasteiger partial charge in [0.05, 0.1) is 0 Å². The summed E-state index contributed by atoms with van der Waals surface area (Å²) in [5.74, 6) is 0. The lowest BCUT2D eigenvalue weighted by Crippen LogP contribution is -1.96. The van der Waals surface area contributed by atoms with Crippen LogP contribution in [0.25, 0.3) is 11.1 Å². The fourth-order valence-corrected chi connectivity index (χ4v) is 3.84. The third-order valence-electron chi connectivity index (χ3n) is 3.48. The number of rotatable bonds is 3. The van der Waals surface area contributed by atoms with Gasteiger partial charge in [0.2, 0.25) is 0 Å². The van der Waals surface area contributed by atoms with Gasteiger partial charge in [-0.25, -0.2) is 0 Å². The summed E-state index contributed by atoms with van der Waals surface area (Å²) in [5.41, 5.74) is 3.27. The monoisotopic (exact) mass is 358 g/mol. The van der Waals surface area contributed by atoms with Gasteiger partial charge < -0.3 is 5.11 Å². The van der Waals surface area contributed by atoms with Crippen molar-refractivity contribution in [2.75, 3.05) is 0 Å². The van der Waals surface area contributed by atoms with Crippen LogP contribution in [0.2, 0.25) is 0 Å². The van der Waals surface area contributed by atoms with Crippen molar-refractivity contribution in [3.63, 3.8) is 0 Å². The van der Waals surface area contributed by atoms with E-state index in [2.05, 4.69) is 40.2 Å². The van der Waals surface area contributed by atoms with Crippen LogP contribution in [-0.4, -0.2) is 5.11 Å². The first kappa shape index (κ1) is 14.5. The fourth-order valence-electron chi connectivity index (χ4n) is 2.27. The van der Waals surface area contributed by atoms with Crippen molar-refractivity contribution >= 4 is 27.3 Å². The van der Waals surface area contributed by atoms with E-state index in [1.54, 1.807) is 11.3 Å². The Morgan fingerprint density at radius 3 is 2.14 bits per heavy atom. The van der Waals surface area contributed by atoms with Crippen molar-refractivity contribution in [2.24, 2.45) is 0 Å². The van der Waals surface area contributed by atoms with Crippen LogP contribution in [0.4, 0.5) is 0 Å². The van der Waals surface area contributed by atoms with Gasteiger partial charge in [0, 0.05) is 14.2 Å². The van der Waals surface area contributed by atoms with Gasteiger partial charge in [-0.2, -0.15) is 0 Å². The van der Waals surface area contributed by atoms with Crippen LogP contribution in [0, 0.1) is 6.92 Å². The van der Waals surface area contributed by atoms with Gasteiger partial charge in [0.1, 0.15) is 6.10 Å². The molecule has 3 rings (SSSR count). The molecule has 0 radical (unpaired) electrons. The minimum Gasteiger partial charge on any atom is -0.383 e. The van der Waals surface area contributed by atoms with Gasteiger partial charge in [0.15, 0.2) is 0 Å². The number of benzene rings is 2. The van der Waals surface area contributed by atoms with E-state index in [4.69, 9.17) is 0 Å². The number of aryl methyl sites for hydroxylation is 1. The topological polar surface area (TPSA) is 20.2 Å². The average Bonchev–Trinajstić information content (AvgIpc) is 2.87. The summed E-state index contributed by atoms with van der Waals surface area (Å²) in [6.45, 7) is 2.05. The Morgan fingerprint density at radius 2 is 1.57 bits per heavy atom. The third-order valence-corrected chi connectivity index (χ3v) is 5.67. The molecule has 3 aromatic rings. The molecule has 1 heterocycles. The van der Waals surface area contributed by atoms with E-state index in [1.807, 2.05) is 43.3 Å². The molecule has 0 saturated heterocycles. The molecule has 1 unspecified atom stereocenters. The molecule has 21 heavy (non-hydrogen) atoms. The van der Waals surface area contributed by atoms with Crippen LogP contribution >= 0.6 is 27.3 Å². The van der Waals surface area contributed by atoms with E-state index in [9.17, 15) is 5.11 Å². The summed E-state index contributed by atoms with van der Waals surface area (Å²) in [6, 6.07) is 20.4. The largest absolute Gasteiger partial charge is 0.383 e. The van der Waals surface area contributed by atoms with Gasteiger partial charge in [-0.05, 0) is 45.6 Å². The van der Waals surface area contributed by atoms with Crippen LogP contribution in [0.1, 0.15) is 21.4 Å². The second-order valence-corrected chi connectivity index (χ2v) is 7.09. The Morgan fingerprint density at radius 1 is 0.952 bits per heavy atom. The standard InChI is InChI=1S/C18H15BrOS/c1-12-16(19)11-17(21-12)18(20)15-9-7-14(8-10-15)13-5-3-2-4-6-13/h2-11,18,20H,1H3. The van der Waals surface area contributed by atoms with E-state index < -0.39 is 6.10 Å². The molecule has 0 bridgehead atoms. The lowest BCUT2D eigenvalue weighted by molar-refractivity contribution is 0.224. The van der Waals surface area contributed by atoms with Gasteiger partial charge in [-0.15, -0.1) is 11.3 Å². The zero-order chi connectivity index (χ0) is 14.8. The number of hydrogen-bond donors (Lipinski definition) is 1. The van der Waals surface area contributed by atoms with Gasteiger partial charge >= 0.3 is 0 Å². The molecule has 0 saturated carbocycles. The van der Waals surface area contributed by atoms with E-state index in [-0.39, 0.29) is 0 Å². The molecule has 0 fully saturated rings. The second-order valence-electron chi connectivity index (χ2n) is 4.94. The highest BCUT2D eigenvalue weighted by molar-refractivity contribution is 9.10. The third kappa shape index (κ3) is 3.10. The van der Waals surface area contributed by atoms with Crippen LogP contribution in [-0.2, 0) is 0 Å². The van der Waals surface area contributed by atoms with Gasteiger partial charge in [-0.1, -0.05) is 54.6 Å². The molecular weight excluding hydrogens is 344 g/mol. The molecule has 0 aliphatic rings. The van der Waals surface area contributed by atoms with E-state index in [1.165, 1.54) is 10.4 Å². The summed E-state index contributed by atoms with van der Waals surface area (Å²) < 4.78 is 1.06. The number of halogens is 1. The first-order chi connectivity index (χ1) is 10.1. The minimum atomic E-state index is -0.565. The van der Waals surface area contributed by atoms with Crippen molar-refractivity contribution in [1.82, 2.24) is 0 Å². The lowest BCUT2D eigenvalue weighted by Gasteiger charge is -2.10. The maximum absolute atomic E-state index is 10.5. The lowest BCUT2D eigenvalue weighted by atomic mass is 10.0. The summed E-state index contributed by atoms with van der Waals surface area (Å²) in [7, 11) is 0. The molecule has 3 heteroatoms. The number of aliphatic hydroxyl groups excluding tert-OH is 1. The normalized spacial score (nSPS) is 12.3. The maximum atomic E-state index is 10.5. The summed E-state index contributed by atoms with van der Waals surface area (Å²) >= 11 is 5.12. The molecule has 1 atom stereocenters. The SMILES string of the molecule is Cc1sc(C(O)c2ccc(-c3ccccc3)cc2)cc1Br. The molecule has 0 aliphatic carbocycles. The van der Waals surface area contributed by atoms with Crippen molar-refractivity contribution in [1.29, 1.82) is 0 Å². The number of hydrogen-bond acceptors (Lipinski definition) is 2. The second kappa shape index (κ2) is 6.14. The van der Waals surface area contributed by atoms with Crippen LogP contribution in [0.3, 0.4) is 0 Å². The Bertz CT molecular complexity index is 712. The maximum Gasteiger partial charge on any atom is 0.113 e. The number of thiophene rings is 1. The molecular formula is C18H15BrOS. The number of aliphatic hydroxyl groups is 1.